The van der Waals surface area contributed by atoms with Crippen LogP contribution in [0.25, 0.3) is 0 Å². The van der Waals surface area contributed by atoms with Gasteiger partial charge in [-0.3, -0.25) is 24.0 Å². The van der Waals surface area contributed by atoms with Gasteiger partial charge in [-0.1, -0.05) is 30.3 Å². The minimum atomic E-state index is -1.03. The first-order valence-electron chi connectivity index (χ1n) is 18.6. The third kappa shape index (κ3) is 11.6. The molecule has 3 aromatic carbocycles. The second-order valence-corrected chi connectivity index (χ2v) is 13.3. The van der Waals surface area contributed by atoms with Crippen molar-refractivity contribution in [3.8, 4) is 23.0 Å². The number of fused-ring (bicyclic) bond motifs is 18. The van der Waals surface area contributed by atoms with E-state index in [9.17, 15) is 24.0 Å². The zero-order valence-electron chi connectivity index (χ0n) is 32.4. The van der Waals surface area contributed by atoms with Crippen molar-refractivity contribution in [3.05, 3.63) is 101 Å². The van der Waals surface area contributed by atoms with Crippen molar-refractivity contribution in [1.29, 1.82) is 0 Å². The van der Waals surface area contributed by atoms with Gasteiger partial charge in [-0.2, -0.15) is 0 Å². The molecule has 2 aliphatic rings. The summed E-state index contributed by atoms with van der Waals surface area (Å²) >= 11 is 0. The Balaban J connectivity index is 1.41. The Bertz CT molecular complexity index is 2030. The van der Waals surface area contributed by atoms with Crippen molar-refractivity contribution < 1.29 is 38.2 Å². The number of ether oxygens (including phenoxy) is 3. The minimum Gasteiger partial charge on any atom is -0.496 e. The molecule has 0 aliphatic carbocycles. The number of nitrogens with zero attached hydrogens (tertiary/aromatic N) is 3. The highest BCUT2D eigenvalue weighted by Crippen LogP contribution is 2.35. The van der Waals surface area contributed by atoms with Gasteiger partial charge in [0.25, 0.3) is 11.8 Å². The Morgan fingerprint density at radius 3 is 2.37 bits per heavy atom. The lowest BCUT2D eigenvalue weighted by Gasteiger charge is -2.25. The number of methoxy groups -OCH3 is 2. The monoisotopic (exact) mass is 780 g/mol. The predicted octanol–water partition coefficient (Wildman–Crippen LogP) is 3.23. The van der Waals surface area contributed by atoms with E-state index in [4.69, 9.17) is 14.2 Å². The number of benzene rings is 3. The van der Waals surface area contributed by atoms with Gasteiger partial charge in [0.1, 0.15) is 23.6 Å². The number of aromatic nitrogens is 2. The fraction of sp³-hybridized carbons (Fsp3) is 0.341. The maximum absolute atomic E-state index is 13.7. The third-order valence-corrected chi connectivity index (χ3v) is 9.22. The van der Waals surface area contributed by atoms with Crippen molar-refractivity contribution in [2.45, 2.75) is 51.2 Å². The molecule has 2 atom stereocenters. The molecule has 0 saturated heterocycles. The molecule has 5 amide bonds. The standard InChI is InChI=1S/C41H48N8O8/c1-26-37(51)44-22-29-13-15-31(21-34(29)56-4)57-35-20-28(14-17-33(35)55-3)38(52)43-18-8-9-19-49(40(54)30-23-45-41(42-2)46-24-30)25-36(50)48-32(39(53)47-26)16-12-27-10-6-5-7-11-27/h5-7,10-11,13-15,17,20-21,23-24,26,32H,8-9,12,16,18-19,22,25H2,1-4H3,(H,43,52)(H,44,51)(H,47,53)(H,48,50)(H,42,45,46)/t26-,32-/m0/s1. The SMILES string of the molecule is CNc1ncc(C(=O)N2CCCCNC(=O)c3ccc(OC)c(c3)Oc3ccc(c(OC)c3)CNC(=O)[C@H](C)NC(=O)[C@H](CCc3ccccc3)NC(=O)C2)cn1. The van der Waals surface area contributed by atoms with Crippen molar-refractivity contribution in [1.82, 2.24) is 36.1 Å². The Morgan fingerprint density at radius 1 is 0.895 bits per heavy atom. The van der Waals surface area contributed by atoms with Crippen LogP contribution in [-0.2, 0) is 27.3 Å². The van der Waals surface area contributed by atoms with E-state index in [1.54, 1.807) is 50.4 Å². The molecule has 0 spiro atoms. The quantitative estimate of drug-likeness (QED) is 0.173. The molecule has 16 heteroatoms. The summed E-state index contributed by atoms with van der Waals surface area (Å²) in [5.41, 5.74) is 2.10. The van der Waals surface area contributed by atoms with Crippen LogP contribution in [0, 0.1) is 0 Å². The summed E-state index contributed by atoms with van der Waals surface area (Å²) < 4.78 is 17.2. The number of anilines is 1. The maximum Gasteiger partial charge on any atom is 0.257 e. The summed E-state index contributed by atoms with van der Waals surface area (Å²) in [6.45, 7) is 1.67. The van der Waals surface area contributed by atoms with E-state index in [0.717, 1.165) is 5.56 Å². The van der Waals surface area contributed by atoms with Gasteiger partial charge in [0.2, 0.25) is 23.7 Å². The molecular formula is C41H48N8O8. The number of carbonyl (C=O) groups is 5. The van der Waals surface area contributed by atoms with Crippen molar-refractivity contribution >= 4 is 35.5 Å². The lowest BCUT2D eigenvalue weighted by molar-refractivity contribution is -0.132. The first kappa shape index (κ1) is 41.5. The Kier molecular flexibility index (Phi) is 14.7. The summed E-state index contributed by atoms with van der Waals surface area (Å²) in [6, 6.07) is 17.4. The van der Waals surface area contributed by atoms with Crippen LogP contribution in [0.1, 0.15) is 58.0 Å². The zero-order chi connectivity index (χ0) is 40.7. The topological polar surface area (TPSA) is 202 Å². The molecule has 4 bridgehead atoms. The molecule has 1 aromatic heterocycles. The molecular weight excluding hydrogens is 732 g/mol. The fourth-order valence-electron chi connectivity index (χ4n) is 6.05. The van der Waals surface area contributed by atoms with Gasteiger partial charge in [0.05, 0.1) is 26.3 Å². The highest BCUT2D eigenvalue weighted by molar-refractivity contribution is 5.97. The first-order chi connectivity index (χ1) is 27.6. The molecule has 0 radical (unpaired) electrons. The molecule has 4 aromatic rings. The van der Waals surface area contributed by atoms with Crippen molar-refractivity contribution in [3.63, 3.8) is 0 Å². The summed E-state index contributed by atoms with van der Waals surface area (Å²) in [4.78, 5) is 77.2. The molecule has 6 rings (SSSR count). The summed E-state index contributed by atoms with van der Waals surface area (Å²) in [7, 11) is 4.63. The average Bonchev–Trinajstić information content (AvgIpc) is 3.23. The first-order valence-corrected chi connectivity index (χ1v) is 18.6. The molecule has 0 unspecified atom stereocenters. The van der Waals surface area contributed by atoms with E-state index >= 15 is 0 Å². The molecule has 2 aliphatic heterocycles. The molecule has 300 valence electrons. The Hall–Kier alpha value is -6.71. The molecule has 16 nitrogen and oxygen atoms in total. The number of amides is 5. The van der Waals surface area contributed by atoms with Crippen LogP contribution in [0.3, 0.4) is 0 Å². The van der Waals surface area contributed by atoms with Gasteiger partial charge in [-0.15, -0.1) is 0 Å². The average molecular weight is 781 g/mol. The van der Waals surface area contributed by atoms with Crippen LogP contribution in [0.4, 0.5) is 5.95 Å². The fourth-order valence-corrected chi connectivity index (χ4v) is 6.05. The second-order valence-electron chi connectivity index (χ2n) is 13.3. The van der Waals surface area contributed by atoms with Crippen LogP contribution in [0.5, 0.6) is 23.0 Å². The van der Waals surface area contributed by atoms with E-state index in [1.807, 2.05) is 30.3 Å². The third-order valence-electron chi connectivity index (χ3n) is 9.22. The maximum atomic E-state index is 13.7. The largest absolute Gasteiger partial charge is 0.496 e. The van der Waals surface area contributed by atoms with Crippen LogP contribution in [0.2, 0.25) is 0 Å². The lowest BCUT2D eigenvalue weighted by Crippen LogP contribution is -2.54. The Labute approximate surface area is 331 Å². The van der Waals surface area contributed by atoms with E-state index in [2.05, 4.69) is 36.6 Å². The van der Waals surface area contributed by atoms with E-state index in [0.29, 0.717) is 59.3 Å². The van der Waals surface area contributed by atoms with Gasteiger partial charge >= 0.3 is 0 Å². The number of rotatable bonds is 7. The smallest absolute Gasteiger partial charge is 0.257 e. The highest BCUT2D eigenvalue weighted by atomic mass is 16.5. The highest BCUT2D eigenvalue weighted by Gasteiger charge is 2.27. The number of nitrogens with one attached hydrogen (secondary N) is 5. The molecule has 0 fully saturated rings. The van der Waals surface area contributed by atoms with Crippen LogP contribution >= 0.6 is 0 Å². The minimum absolute atomic E-state index is 0.0717. The Morgan fingerprint density at radius 2 is 1.65 bits per heavy atom. The van der Waals surface area contributed by atoms with Crippen molar-refractivity contribution in [2.24, 2.45) is 0 Å². The van der Waals surface area contributed by atoms with E-state index in [-0.39, 0.29) is 44.1 Å². The molecule has 0 saturated carbocycles. The second kappa shape index (κ2) is 20.3. The van der Waals surface area contributed by atoms with E-state index in [1.165, 1.54) is 31.5 Å². The van der Waals surface area contributed by atoms with E-state index < -0.39 is 35.7 Å². The molecule has 3 heterocycles. The normalized spacial score (nSPS) is 17.4. The van der Waals surface area contributed by atoms with Gasteiger partial charge in [0, 0.05) is 56.3 Å². The number of carbonyl (C=O) groups excluding carboxylic acids is 5. The van der Waals surface area contributed by atoms with Gasteiger partial charge in [-0.25, -0.2) is 9.97 Å². The predicted molar refractivity (Wildman–Crippen MR) is 211 cm³/mol. The van der Waals surface area contributed by atoms with Crippen LogP contribution < -0.4 is 40.8 Å². The van der Waals surface area contributed by atoms with Gasteiger partial charge < -0.3 is 45.7 Å². The summed E-state index contributed by atoms with van der Waals surface area (Å²) in [5.74, 6) is -0.584. The van der Waals surface area contributed by atoms with Crippen LogP contribution in [-0.4, -0.2) is 97.4 Å². The summed E-state index contributed by atoms with van der Waals surface area (Å²) in [5, 5.41) is 14.1. The zero-order valence-corrected chi connectivity index (χ0v) is 32.4. The number of hydrogen-bond acceptors (Lipinski definition) is 11. The number of aryl methyl sites for hydroxylation is 1. The van der Waals surface area contributed by atoms with Crippen LogP contribution in [0.15, 0.2) is 79.1 Å². The van der Waals surface area contributed by atoms with Crippen molar-refractivity contribution in [2.75, 3.05) is 46.2 Å². The van der Waals surface area contributed by atoms with Gasteiger partial charge in [0.15, 0.2) is 11.5 Å². The molecule has 57 heavy (non-hydrogen) atoms. The molecule has 5 N–H and O–H groups in total. The lowest BCUT2D eigenvalue weighted by atomic mass is 10.0. The van der Waals surface area contributed by atoms with Gasteiger partial charge in [-0.05, 0) is 68.5 Å². The summed E-state index contributed by atoms with van der Waals surface area (Å²) in [6.07, 6.45) is 4.32. The number of hydrogen-bond donors (Lipinski definition) is 5.